The lowest BCUT2D eigenvalue weighted by Crippen LogP contribution is -2.54. The number of carbonyl (C=O) groups is 4. The number of carbonyl (C=O) groups excluding carboxylic acids is 4. The van der Waals surface area contributed by atoms with Crippen LogP contribution in [0.2, 0.25) is 5.02 Å². The van der Waals surface area contributed by atoms with Crippen LogP contribution in [0.3, 0.4) is 0 Å². The molecule has 1 aliphatic rings. The van der Waals surface area contributed by atoms with Crippen molar-refractivity contribution in [2.24, 2.45) is 0 Å². The molecule has 0 unspecified atom stereocenters. The van der Waals surface area contributed by atoms with E-state index >= 15 is 0 Å². The summed E-state index contributed by atoms with van der Waals surface area (Å²) in [5.74, 6) is -1.27. The van der Waals surface area contributed by atoms with Crippen molar-refractivity contribution in [2.45, 2.75) is 6.92 Å². The summed E-state index contributed by atoms with van der Waals surface area (Å²) < 4.78 is 16.1. The van der Waals surface area contributed by atoms with Gasteiger partial charge in [-0.2, -0.15) is 0 Å². The molecule has 1 aliphatic heterocycles. The summed E-state index contributed by atoms with van der Waals surface area (Å²) in [6, 6.07) is 15.6. The number of halogens is 1. The van der Waals surface area contributed by atoms with Crippen LogP contribution in [-0.2, 0) is 14.4 Å². The third kappa shape index (κ3) is 6.02. The topological polar surface area (TPSA) is 123 Å². The number of nitrogens with zero attached hydrogens (tertiary/aromatic N) is 1. The molecular weight excluding hydrogens is 526 g/mol. The van der Waals surface area contributed by atoms with Crippen molar-refractivity contribution in [3.05, 3.63) is 82.4 Å². The zero-order chi connectivity index (χ0) is 28.1. The number of hydrogen-bond donors (Lipinski definition) is 2. The van der Waals surface area contributed by atoms with Gasteiger partial charge in [-0.1, -0.05) is 29.8 Å². The second-order valence-electron chi connectivity index (χ2n) is 8.34. The maximum absolute atomic E-state index is 13.2. The van der Waals surface area contributed by atoms with E-state index in [-0.39, 0.29) is 34.4 Å². The predicted molar refractivity (Wildman–Crippen MR) is 145 cm³/mol. The molecule has 0 spiro atoms. The minimum absolute atomic E-state index is 0.0802. The van der Waals surface area contributed by atoms with Crippen molar-refractivity contribution in [3.8, 4) is 17.2 Å². The van der Waals surface area contributed by atoms with Gasteiger partial charge in [0.1, 0.15) is 11.3 Å². The first-order valence-corrected chi connectivity index (χ1v) is 12.0. The van der Waals surface area contributed by atoms with Crippen molar-refractivity contribution in [1.29, 1.82) is 0 Å². The van der Waals surface area contributed by atoms with Crippen LogP contribution in [0.25, 0.3) is 6.08 Å². The van der Waals surface area contributed by atoms with E-state index in [1.54, 1.807) is 24.3 Å². The molecule has 4 rings (SSSR count). The predicted octanol–water partition coefficient (Wildman–Crippen LogP) is 4.35. The first kappa shape index (κ1) is 27.2. The molecule has 39 heavy (non-hydrogen) atoms. The molecule has 0 aromatic heterocycles. The average Bonchev–Trinajstić information content (AvgIpc) is 2.91. The number of urea groups is 1. The lowest BCUT2D eigenvalue weighted by molar-refractivity contribution is -0.122. The molecule has 0 radical (unpaired) electrons. The van der Waals surface area contributed by atoms with Crippen LogP contribution in [0.1, 0.15) is 11.1 Å². The zero-order valence-electron chi connectivity index (χ0n) is 21.2. The number of nitrogens with one attached hydrogen (secondary N) is 2. The van der Waals surface area contributed by atoms with Crippen LogP contribution in [0.5, 0.6) is 17.2 Å². The third-order valence-corrected chi connectivity index (χ3v) is 6.04. The summed E-state index contributed by atoms with van der Waals surface area (Å²) in [5.41, 5.74) is 1.84. The van der Waals surface area contributed by atoms with Gasteiger partial charge in [0.15, 0.2) is 18.1 Å². The molecule has 3 aromatic carbocycles. The number of methoxy groups -OCH3 is 2. The van der Waals surface area contributed by atoms with E-state index in [9.17, 15) is 19.2 Å². The van der Waals surface area contributed by atoms with Gasteiger partial charge >= 0.3 is 6.03 Å². The van der Waals surface area contributed by atoms with E-state index in [2.05, 4.69) is 10.6 Å². The highest BCUT2D eigenvalue weighted by molar-refractivity contribution is 6.39. The van der Waals surface area contributed by atoms with E-state index in [4.69, 9.17) is 25.8 Å². The molecule has 10 nitrogen and oxygen atoms in total. The number of aryl methyl sites for hydroxylation is 1. The highest BCUT2D eigenvalue weighted by atomic mass is 35.5. The maximum atomic E-state index is 13.2. The van der Waals surface area contributed by atoms with Gasteiger partial charge in [-0.3, -0.25) is 19.7 Å². The summed E-state index contributed by atoms with van der Waals surface area (Å²) in [7, 11) is 2.87. The second kappa shape index (κ2) is 11.7. The molecule has 11 heteroatoms. The van der Waals surface area contributed by atoms with E-state index in [1.165, 1.54) is 44.6 Å². The van der Waals surface area contributed by atoms with Gasteiger partial charge in [-0.05, 0) is 66.6 Å². The first-order valence-electron chi connectivity index (χ1n) is 11.6. The summed E-state index contributed by atoms with van der Waals surface area (Å²) in [6.07, 6.45) is 1.28. The number of rotatable bonds is 8. The fourth-order valence-corrected chi connectivity index (χ4v) is 4.06. The van der Waals surface area contributed by atoms with Crippen LogP contribution >= 0.6 is 11.6 Å². The number of anilines is 2. The van der Waals surface area contributed by atoms with Crippen molar-refractivity contribution in [2.75, 3.05) is 31.0 Å². The van der Waals surface area contributed by atoms with E-state index < -0.39 is 23.8 Å². The van der Waals surface area contributed by atoms with Gasteiger partial charge in [0.25, 0.3) is 17.7 Å². The Morgan fingerprint density at radius 2 is 1.74 bits per heavy atom. The lowest BCUT2D eigenvalue weighted by atomic mass is 10.1. The SMILES string of the molecule is COc1ccc(N2C(=O)NC(=O)/C(=C\c3cc(Cl)c(OCC(=O)Nc4ccccc4C)c(OC)c3)C2=O)cc1. The van der Waals surface area contributed by atoms with Gasteiger partial charge in [0, 0.05) is 5.69 Å². The van der Waals surface area contributed by atoms with Gasteiger partial charge in [0.05, 0.1) is 24.9 Å². The van der Waals surface area contributed by atoms with Gasteiger partial charge in [0.2, 0.25) is 0 Å². The number of benzene rings is 3. The van der Waals surface area contributed by atoms with Gasteiger partial charge < -0.3 is 19.5 Å². The number of imide groups is 2. The second-order valence-corrected chi connectivity index (χ2v) is 8.75. The van der Waals surface area contributed by atoms with Crippen molar-refractivity contribution >= 4 is 52.8 Å². The molecule has 0 aliphatic carbocycles. The molecule has 1 heterocycles. The molecule has 1 saturated heterocycles. The zero-order valence-corrected chi connectivity index (χ0v) is 22.0. The smallest absolute Gasteiger partial charge is 0.335 e. The van der Waals surface area contributed by atoms with Gasteiger partial charge in [-0.25, -0.2) is 9.69 Å². The number of barbiturate groups is 1. The minimum Gasteiger partial charge on any atom is -0.497 e. The van der Waals surface area contributed by atoms with Crippen LogP contribution < -0.4 is 29.7 Å². The standard InChI is InChI=1S/C28H24ClN3O7/c1-16-6-4-5-7-22(16)30-24(33)15-39-25-21(29)13-17(14-23(25)38-3)12-20-26(34)31-28(36)32(27(20)35)18-8-10-19(37-2)11-9-18/h4-14H,15H2,1-3H3,(H,30,33)(H,31,34,36)/b20-12+. The fraction of sp³-hybridized carbons (Fsp3) is 0.143. The highest BCUT2D eigenvalue weighted by Gasteiger charge is 2.37. The molecule has 2 N–H and O–H groups in total. The van der Waals surface area contributed by atoms with Crippen LogP contribution in [0.15, 0.2) is 66.2 Å². The molecule has 0 saturated carbocycles. The summed E-state index contributed by atoms with van der Waals surface area (Å²) in [5, 5.41) is 5.00. The summed E-state index contributed by atoms with van der Waals surface area (Å²) in [6.45, 7) is 1.53. The Bertz CT molecular complexity index is 1480. The molecule has 5 amide bonds. The molecular formula is C28H24ClN3O7. The summed E-state index contributed by atoms with van der Waals surface area (Å²) >= 11 is 6.42. The Kier molecular flexibility index (Phi) is 8.16. The Labute approximate surface area is 229 Å². The van der Waals surface area contributed by atoms with Crippen LogP contribution in [0, 0.1) is 6.92 Å². The first-order chi connectivity index (χ1) is 18.7. The average molecular weight is 550 g/mol. The Morgan fingerprint density at radius 1 is 1.03 bits per heavy atom. The minimum atomic E-state index is -0.879. The summed E-state index contributed by atoms with van der Waals surface area (Å²) in [4.78, 5) is 51.4. The van der Waals surface area contributed by atoms with Crippen molar-refractivity contribution in [1.82, 2.24) is 5.32 Å². The molecule has 0 bridgehead atoms. The van der Waals surface area contributed by atoms with Crippen molar-refractivity contribution < 1.29 is 33.4 Å². The number of para-hydroxylation sites is 1. The molecule has 200 valence electrons. The quantitative estimate of drug-likeness (QED) is 0.316. The Balaban J connectivity index is 1.56. The van der Waals surface area contributed by atoms with Crippen LogP contribution in [-0.4, -0.2) is 44.6 Å². The van der Waals surface area contributed by atoms with E-state index in [0.29, 0.717) is 17.0 Å². The Hall–Kier alpha value is -4.83. The lowest BCUT2D eigenvalue weighted by Gasteiger charge is -2.26. The number of ether oxygens (including phenoxy) is 3. The normalized spacial score (nSPS) is 14.2. The highest BCUT2D eigenvalue weighted by Crippen LogP contribution is 2.37. The molecule has 0 atom stereocenters. The Morgan fingerprint density at radius 3 is 2.41 bits per heavy atom. The number of hydrogen-bond acceptors (Lipinski definition) is 7. The third-order valence-electron chi connectivity index (χ3n) is 5.76. The largest absolute Gasteiger partial charge is 0.497 e. The van der Waals surface area contributed by atoms with Gasteiger partial charge in [-0.15, -0.1) is 0 Å². The van der Waals surface area contributed by atoms with E-state index in [1.807, 2.05) is 19.1 Å². The number of amides is 5. The van der Waals surface area contributed by atoms with Crippen molar-refractivity contribution in [3.63, 3.8) is 0 Å². The molecule has 3 aromatic rings. The fourth-order valence-electron chi connectivity index (χ4n) is 3.79. The van der Waals surface area contributed by atoms with Crippen LogP contribution in [0.4, 0.5) is 16.2 Å². The van der Waals surface area contributed by atoms with E-state index in [0.717, 1.165) is 10.5 Å². The maximum Gasteiger partial charge on any atom is 0.335 e. The molecule has 1 fully saturated rings. The monoisotopic (exact) mass is 549 g/mol.